The molecule has 21 heavy (non-hydrogen) atoms. The molecule has 0 bridgehead atoms. The maximum Gasteiger partial charge on any atom is 0.271 e. The van der Waals surface area contributed by atoms with E-state index < -0.39 is 20.0 Å². The van der Waals surface area contributed by atoms with Gasteiger partial charge in [0, 0.05) is 5.69 Å². The summed E-state index contributed by atoms with van der Waals surface area (Å²) in [5, 5.41) is 4.94. The highest BCUT2D eigenvalue weighted by Gasteiger charge is 2.16. The lowest BCUT2D eigenvalue weighted by molar-refractivity contribution is 0.596. The van der Waals surface area contributed by atoms with Gasteiger partial charge < -0.3 is 0 Å². The predicted octanol–water partition coefficient (Wildman–Crippen LogP) is 2.10. The first-order valence-electron chi connectivity index (χ1n) is 5.53. The molecule has 0 fully saturated rings. The van der Waals surface area contributed by atoms with Crippen LogP contribution in [0.25, 0.3) is 0 Å². The van der Waals surface area contributed by atoms with Crippen LogP contribution >= 0.6 is 27.3 Å². The molecular weight excluding hydrogens is 400 g/mol. The zero-order valence-corrected chi connectivity index (χ0v) is 14.5. The molecule has 114 valence electrons. The Labute approximate surface area is 135 Å². The fourth-order valence-corrected chi connectivity index (χ4v) is 5.27. The summed E-state index contributed by atoms with van der Waals surface area (Å²) in [6, 6.07) is 9.13. The number of nitrogens with two attached hydrogens (primary N) is 1. The molecule has 1 aromatic heterocycles. The smallest absolute Gasteiger partial charge is 0.271 e. The normalized spacial score (nSPS) is 12.3. The van der Waals surface area contributed by atoms with Crippen LogP contribution < -0.4 is 9.86 Å². The standard InChI is InChI=1S/C11H11BrN2O4S3/c12-10-5-6-11(19-10)21(17,18)14-9-3-1-8(2-4-9)7-20(13,15)16/h1-6,14H,7H2,(H2,13,15,16). The van der Waals surface area contributed by atoms with E-state index >= 15 is 0 Å². The Bertz CT molecular complexity index is 842. The third-order valence-electron chi connectivity index (χ3n) is 2.39. The van der Waals surface area contributed by atoms with Crippen molar-refractivity contribution in [1.82, 2.24) is 0 Å². The Morgan fingerprint density at radius 1 is 1.05 bits per heavy atom. The Balaban J connectivity index is 2.17. The number of primary sulfonamides is 1. The van der Waals surface area contributed by atoms with E-state index in [0.29, 0.717) is 15.0 Å². The highest BCUT2D eigenvalue weighted by molar-refractivity contribution is 9.11. The van der Waals surface area contributed by atoms with Gasteiger partial charge in [-0.2, -0.15) is 0 Å². The molecule has 6 nitrogen and oxygen atoms in total. The quantitative estimate of drug-likeness (QED) is 0.786. The summed E-state index contributed by atoms with van der Waals surface area (Å²) in [4.78, 5) is 0. The zero-order valence-electron chi connectivity index (χ0n) is 10.5. The largest absolute Gasteiger partial charge is 0.279 e. The van der Waals surface area contributed by atoms with Crippen molar-refractivity contribution in [2.75, 3.05) is 4.72 Å². The molecule has 10 heteroatoms. The maximum atomic E-state index is 12.1. The Hall–Kier alpha value is -0.940. The molecule has 0 atom stereocenters. The first-order valence-corrected chi connectivity index (χ1v) is 10.3. The van der Waals surface area contributed by atoms with Crippen molar-refractivity contribution in [1.29, 1.82) is 0 Å². The first-order chi connectivity index (χ1) is 9.66. The first kappa shape index (κ1) is 16.4. The second-order valence-electron chi connectivity index (χ2n) is 4.17. The van der Waals surface area contributed by atoms with E-state index in [9.17, 15) is 16.8 Å². The lowest BCUT2D eigenvalue weighted by Gasteiger charge is -2.07. The van der Waals surface area contributed by atoms with Crippen LogP contribution in [-0.2, 0) is 25.8 Å². The molecule has 3 N–H and O–H groups in total. The number of rotatable bonds is 5. The van der Waals surface area contributed by atoms with Gasteiger partial charge >= 0.3 is 0 Å². The van der Waals surface area contributed by atoms with Crippen molar-refractivity contribution >= 4 is 53.0 Å². The van der Waals surface area contributed by atoms with Crippen LogP contribution in [0.1, 0.15) is 5.56 Å². The number of halogens is 1. The summed E-state index contributed by atoms with van der Waals surface area (Å²) < 4.78 is 49.4. The van der Waals surface area contributed by atoms with Crippen molar-refractivity contribution in [2.45, 2.75) is 9.96 Å². The topological polar surface area (TPSA) is 106 Å². The van der Waals surface area contributed by atoms with E-state index in [0.717, 1.165) is 11.3 Å². The van der Waals surface area contributed by atoms with Gasteiger partial charge in [-0.25, -0.2) is 22.0 Å². The summed E-state index contributed by atoms with van der Waals surface area (Å²) in [5.74, 6) is -0.294. The van der Waals surface area contributed by atoms with Gasteiger partial charge in [-0.1, -0.05) is 12.1 Å². The van der Waals surface area contributed by atoms with Crippen LogP contribution in [0.5, 0.6) is 0 Å². The van der Waals surface area contributed by atoms with E-state index in [4.69, 9.17) is 5.14 Å². The van der Waals surface area contributed by atoms with Gasteiger partial charge in [0.15, 0.2) is 0 Å². The molecule has 2 aromatic rings. The second kappa shape index (κ2) is 6.05. The molecule has 0 aliphatic carbocycles. The van der Waals surface area contributed by atoms with Crippen LogP contribution in [0.2, 0.25) is 0 Å². The van der Waals surface area contributed by atoms with Crippen LogP contribution in [-0.4, -0.2) is 16.8 Å². The fraction of sp³-hybridized carbons (Fsp3) is 0.0909. The fourth-order valence-electron chi connectivity index (χ4n) is 1.55. The molecule has 0 amide bonds. The number of benzene rings is 1. The molecule has 2 rings (SSSR count). The molecule has 0 radical (unpaired) electrons. The van der Waals surface area contributed by atoms with Crippen LogP contribution in [0.3, 0.4) is 0 Å². The highest BCUT2D eigenvalue weighted by atomic mass is 79.9. The van der Waals surface area contributed by atoms with Gasteiger partial charge in [0.25, 0.3) is 10.0 Å². The minimum absolute atomic E-state index is 0.183. The summed E-state index contributed by atoms with van der Waals surface area (Å²) in [5.41, 5.74) is 0.831. The van der Waals surface area contributed by atoms with Gasteiger partial charge in [0.05, 0.1) is 9.54 Å². The molecule has 1 aromatic carbocycles. The average molecular weight is 411 g/mol. The summed E-state index contributed by atoms with van der Waals surface area (Å²) in [6.45, 7) is 0. The third kappa shape index (κ3) is 4.78. The Morgan fingerprint density at radius 3 is 2.14 bits per heavy atom. The van der Waals surface area contributed by atoms with E-state index in [-0.39, 0.29) is 9.96 Å². The monoisotopic (exact) mass is 410 g/mol. The van der Waals surface area contributed by atoms with Gasteiger partial charge in [-0.3, -0.25) is 4.72 Å². The number of anilines is 1. The van der Waals surface area contributed by atoms with Gasteiger partial charge in [-0.05, 0) is 45.8 Å². The van der Waals surface area contributed by atoms with E-state index in [1.54, 1.807) is 6.07 Å². The number of thiophene rings is 1. The van der Waals surface area contributed by atoms with Crippen molar-refractivity contribution in [3.05, 3.63) is 45.7 Å². The van der Waals surface area contributed by atoms with Crippen LogP contribution in [0, 0.1) is 0 Å². The lowest BCUT2D eigenvalue weighted by atomic mass is 10.2. The number of hydrogen-bond acceptors (Lipinski definition) is 5. The van der Waals surface area contributed by atoms with Crippen LogP contribution in [0.4, 0.5) is 5.69 Å². The highest BCUT2D eigenvalue weighted by Crippen LogP contribution is 2.27. The van der Waals surface area contributed by atoms with Gasteiger partial charge in [0.2, 0.25) is 10.0 Å². The molecule has 1 heterocycles. The van der Waals surface area contributed by atoms with E-state index in [1.807, 2.05) is 0 Å². The molecule has 0 unspecified atom stereocenters. The molecule has 0 saturated carbocycles. The number of sulfonamides is 2. The minimum Gasteiger partial charge on any atom is -0.279 e. The summed E-state index contributed by atoms with van der Waals surface area (Å²) in [6.07, 6.45) is 0. The van der Waals surface area contributed by atoms with Gasteiger partial charge in [0.1, 0.15) is 4.21 Å². The SMILES string of the molecule is NS(=O)(=O)Cc1ccc(NS(=O)(=O)c2ccc(Br)s2)cc1. The summed E-state index contributed by atoms with van der Waals surface area (Å²) >= 11 is 4.30. The molecular formula is C11H11BrN2O4S3. The third-order valence-corrected chi connectivity index (χ3v) is 6.62. The minimum atomic E-state index is -3.64. The Kier molecular flexibility index (Phi) is 4.73. The van der Waals surface area contributed by atoms with Crippen molar-refractivity contribution in [3.63, 3.8) is 0 Å². The van der Waals surface area contributed by atoms with Gasteiger partial charge in [-0.15, -0.1) is 11.3 Å². The number of nitrogens with one attached hydrogen (secondary N) is 1. The molecule has 0 aliphatic rings. The predicted molar refractivity (Wildman–Crippen MR) is 86.1 cm³/mol. The van der Waals surface area contributed by atoms with Crippen molar-refractivity contribution in [2.24, 2.45) is 5.14 Å². The van der Waals surface area contributed by atoms with E-state index in [1.165, 1.54) is 30.3 Å². The van der Waals surface area contributed by atoms with Crippen molar-refractivity contribution in [3.8, 4) is 0 Å². The second-order valence-corrected chi connectivity index (χ2v) is 10.2. The summed E-state index contributed by atoms with van der Waals surface area (Å²) in [7, 11) is -7.25. The maximum absolute atomic E-state index is 12.1. The molecule has 0 aliphatic heterocycles. The average Bonchev–Trinajstić information content (AvgIpc) is 2.77. The molecule has 0 spiro atoms. The van der Waals surface area contributed by atoms with Crippen molar-refractivity contribution < 1.29 is 16.8 Å². The van der Waals surface area contributed by atoms with Crippen LogP contribution in [0.15, 0.2) is 44.4 Å². The molecule has 0 saturated heterocycles. The Morgan fingerprint density at radius 2 is 1.67 bits per heavy atom. The lowest BCUT2D eigenvalue weighted by Crippen LogP contribution is -2.14. The zero-order chi connectivity index (χ0) is 15.7. The van der Waals surface area contributed by atoms with E-state index in [2.05, 4.69) is 20.7 Å². The number of hydrogen-bond donors (Lipinski definition) is 2.